The van der Waals surface area contributed by atoms with Crippen molar-refractivity contribution in [2.75, 3.05) is 11.9 Å². The van der Waals surface area contributed by atoms with Crippen LogP contribution in [0, 0.1) is 0 Å². The summed E-state index contributed by atoms with van der Waals surface area (Å²) in [5, 5.41) is 5.46. The van der Waals surface area contributed by atoms with Crippen LogP contribution in [-0.2, 0) is 6.42 Å². The summed E-state index contributed by atoms with van der Waals surface area (Å²) in [6, 6.07) is 14.1. The van der Waals surface area contributed by atoms with E-state index in [1.165, 1.54) is 5.56 Å². The van der Waals surface area contributed by atoms with Crippen molar-refractivity contribution in [3.05, 3.63) is 70.3 Å². The molecule has 0 radical (unpaired) electrons. The lowest BCUT2D eigenvalue weighted by atomic mass is 10.1. The summed E-state index contributed by atoms with van der Waals surface area (Å²) in [5.41, 5.74) is 9.40. The molecule has 0 amide bonds. The van der Waals surface area contributed by atoms with Gasteiger partial charge >= 0.3 is 0 Å². The van der Waals surface area contributed by atoms with Crippen LogP contribution in [0.25, 0.3) is 21.6 Å². The molecule has 0 fully saturated rings. The first kappa shape index (κ1) is 18.0. The molecule has 4 aromatic rings. The molecule has 1 atom stereocenters. The number of fused-ring (bicyclic) bond motifs is 1. The summed E-state index contributed by atoms with van der Waals surface area (Å²) in [6.45, 7) is 0.631. The van der Waals surface area contributed by atoms with E-state index in [-0.39, 0.29) is 6.04 Å². The van der Waals surface area contributed by atoms with Crippen LogP contribution in [0.4, 0.5) is 5.82 Å². The van der Waals surface area contributed by atoms with Gasteiger partial charge in [0.2, 0.25) is 0 Å². The summed E-state index contributed by atoms with van der Waals surface area (Å²) in [6.07, 6.45) is 4.30. The van der Waals surface area contributed by atoms with Crippen LogP contribution < -0.4 is 11.1 Å². The number of benzene rings is 1. The molecule has 0 aliphatic carbocycles. The number of pyridine rings is 1. The minimum absolute atomic E-state index is 0.00908. The molecule has 4 rings (SSSR count). The zero-order valence-corrected chi connectivity index (χ0v) is 16.9. The van der Waals surface area contributed by atoms with Gasteiger partial charge in [-0.1, -0.05) is 30.3 Å². The largest absolute Gasteiger partial charge is 0.367 e. The van der Waals surface area contributed by atoms with Gasteiger partial charge in [-0.25, -0.2) is 9.97 Å². The van der Waals surface area contributed by atoms with Crippen LogP contribution in [0.15, 0.2) is 64.7 Å². The molecule has 0 aliphatic rings. The highest BCUT2D eigenvalue weighted by molar-refractivity contribution is 9.10. The van der Waals surface area contributed by atoms with Crippen molar-refractivity contribution in [1.29, 1.82) is 0 Å². The Bertz CT molecular complexity index is 1040. The molecule has 0 bridgehead atoms. The highest BCUT2D eigenvalue weighted by Crippen LogP contribution is 2.34. The molecular weight excluding hydrogens is 422 g/mol. The number of hydrogen-bond acceptors (Lipinski definition) is 6. The number of anilines is 1. The number of nitrogens with zero attached hydrogens (tertiary/aromatic N) is 3. The van der Waals surface area contributed by atoms with Gasteiger partial charge in [-0.2, -0.15) is 0 Å². The fourth-order valence-electron chi connectivity index (χ4n) is 2.86. The van der Waals surface area contributed by atoms with Gasteiger partial charge < -0.3 is 11.1 Å². The normalized spacial score (nSPS) is 12.2. The Morgan fingerprint density at radius 1 is 1.07 bits per heavy atom. The molecule has 0 aliphatic heterocycles. The molecule has 3 heterocycles. The van der Waals surface area contributed by atoms with Crippen molar-refractivity contribution in [2.45, 2.75) is 12.5 Å². The molecule has 3 aromatic heterocycles. The van der Waals surface area contributed by atoms with E-state index in [0.29, 0.717) is 12.4 Å². The Balaban J connectivity index is 1.59. The minimum atomic E-state index is -0.00908. The number of halogens is 1. The van der Waals surface area contributed by atoms with Crippen LogP contribution in [0.3, 0.4) is 0 Å². The third-order valence-corrected chi connectivity index (χ3v) is 6.07. The molecule has 1 aromatic carbocycles. The van der Waals surface area contributed by atoms with Crippen LogP contribution in [0.1, 0.15) is 5.56 Å². The monoisotopic (exact) mass is 439 g/mol. The molecule has 5 nitrogen and oxygen atoms in total. The second-order valence-electron chi connectivity index (χ2n) is 6.22. The maximum Gasteiger partial charge on any atom is 0.162 e. The highest BCUT2D eigenvalue weighted by atomic mass is 79.9. The lowest BCUT2D eigenvalue weighted by Gasteiger charge is -2.14. The number of aromatic nitrogens is 3. The number of nitrogens with two attached hydrogens (primary N) is 1. The van der Waals surface area contributed by atoms with Gasteiger partial charge in [-0.05, 0) is 40.0 Å². The van der Waals surface area contributed by atoms with E-state index in [4.69, 9.17) is 15.7 Å². The van der Waals surface area contributed by atoms with Gasteiger partial charge in [-0.15, -0.1) is 11.3 Å². The number of nitrogens with one attached hydrogen (secondary N) is 1. The van der Waals surface area contributed by atoms with Crippen LogP contribution in [0.5, 0.6) is 0 Å². The highest BCUT2D eigenvalue weighted by Gasteiger charge is 2.14. The SMILES string of the molecule is N[C@H](CNc1nc(-c2ccncc2)nc2c(Br)csc12)Cc1ccccc1. The van der Waals surface area contributed by atoms with Crippen molar-refractivity contribution in [3.63, 3.8) is 0 Å². The van der Waals surface area contributed by atoms with Crippen molar-refractivity contribution in [2.24, 2.45) is 5.73 Å². The quantitative estimate of drug-likeness (QED) is 0.462. The second kappa shape index (κ2) is 8.12. The fourth-order valence-corrected chi connectivity index (χ4v) is 4.39. The van der Waals surface area contributed by atoms with Crippen molar-refractivity contribution in [3.8, 4) is 11.4 Å². The van der Waals surface area contributed by atoms with Crippen molar-refractivity contribution >= 4 is 43.3 Å². The number of rotatable bonds is 6. The molecule has 136 valence electrons. The Hall–Kier alpha value is -2.35. The lowest BCUT2D eigenvalue weighted by Crippen LogP contribution is -2.31. The predicted molar refractivity (Wildman–Crippen MR) is 115 cm³/mol. The molecular formula is C20H18BrN5S. The van der Waals surface area contributed by atoms with Gasteiger partial charge in [-0.3, -0.25) is 4.98 Å². The molecule has 7 heteroatoms. The van der Waals surface area contributed by atoms with Gasteiger partial charge in [0.25, 0.3) is 0 Å². The number of hydrogen-bond donors (Lipinski definition) is 2. The Kier molecular flexibility index (Phi) is 5.42. The molecule has 27 heavy (non-hydrogen) atoms. The molecule has 0 unspecified atom stereocenters. The van der Waals surface area contributed by atoms with E-state index in [1.807, 2.05) is 35.7 Å². The smallest absolute Gasteiger partial charge is 0.162 e. The van der Waals surface area contributed by atoms with Gasteiger partial charge in [0.15, 0.2) is 5.82 Å². The van der Waals surface area contributed by atoms with Crippen LogP contribution >= 0.6 is 27.3 Å². The van der Waals surface area contributed by atoms with Crippen LogP contribution in [-0.4, -0.2) is 27.5 Å². The third kappa shape index (κ3) is 4.16. The maximum atomic E-state index is 6.33. The topological polar surface area (TPSA) is 76.7 Å². The van der Waals surface area contributed by atoms with Crippen molar-refractivity contribution < 1.29 is 0 Å². The zero-order chi connectivity index (χ0) is 18.6. The molecule has 0 saturated heterocycles. The average molecular weight is 440 g/mol. The number of thiophene rings is 1. The van der Waals surface area contributed by atoms with E-state index in [9.17, 15) is 0 Å². The van der Waals surface area contributed by atoms with Crippen LogP contribution in [0.2, 0.25) is 0 Å². The van der Waals surface area contributed by atoms with Gasteiger partial charge in [0, 0.05) is 35.9 Å². The Labute approximate surface area is 169 Å². The van der Waals surface area contributed by atoms with E-state index < -0.39 is 0 Å². The molecule has 0 spiro atoms. The maximum absolute atomic E-state index is 6.33. The first-order valence-electron chi connectivity index (χ1n) is 8.59. The van der Waals surface area contributed by atoms with E-state index >= 15 is 0 Å². The first-order chi connectivity index (χ1) is 13.2. The summed E-state index contributed by atoms with van der Waals surface area (Å²) < 4.78 is 1.99. The summed E-state index contributed by atoms with van der Waals surface area (Å²) in [7, 11) is 0. The summed E-state index contributed by atoms with van der Waals surface area (Å²) >= 11 is 5.20. The second-order valence-corrected chi connectivity index (χ2v) is 7.96. The zero-order valence-electron chi connectivity index (χ0n) is 14.5. The van der Waals surface area contributed by atoms with E-state index in [1.54, 1.807) is 23.7 Å². The average Bonchev–Trinajstić information content (AvgIpc) is 3.08. The first-order valence-corrected chi connectivity index (χ1v) is 10.3. The van der Waals surface area contributed by atoms with E-state index in [2.05, 4.69) is 38.4 Å². The third-order valence-electron chi connectivity index (χ3n) is 4.18. The van der Waals surface area contributed by atoms with E-state index in [0.717, 1.165) is 32.5 Å². The fraction of sp³-hybridized carbons (Fsp3) is 0.150. The molecule has 0 saturated carbocycles. The molecule has 3 N–H and O–H groups in total. The Morgan fingerprint density at radius 2 is 1.85 bits per heavy atom. The lowest BCUT2D eigenvalue weighted by molar-refractivity contribution is 0.698. The van der Waals surface area contributed by atoms with Crippen molar-refractivity contribution in [1.82, 2.24) is 15.0 Å². The summed E-state index contributed by atoms with van der Waals surface area (Å²) in [4.78, 5) is 13.5. The minimum Gasteiger partial charge on any atom is -0.367 e. The standard InChI is InChI=1S/C20H18BrN5S/c21-16-12-27-18-17(16)25-19(14-6-8-23-9-7-14)26-20(18)24-11-15(22)10-13-4-2-1-3-5-13/h1-9,12,15H,10-11,22H2,(H,24,25,26)/t15-/m0/s1. The Morgan fingerprint density at radius 3 is 2.63 bits per heavy atom. The summed E-state index contributed by atoms with van der Waals surface area (Å²) in [5.74, 6) is 1.48. The van der Waals surface area contributed by atoms with Gasteiger partial charge in [0.05, 0.1) is 9.17 Å². The van der Waals surface area contributed by atoms with Gasteiger partial charge in [0.1, 0.15) is 11.3 Å². The predicted octanol–water partition coefficient (Wildman–Crippen LogP) is 4.50.